The molecule has 11 heteroatoms. The molecule has 0 unspecified atom stereocenters. The van der Waals surface area contributed by atoms with Crippen molar-refractivity contribution in [3.05, 3.63) is 35.9 Å². The number of anilines is 3. The Labute approximate surface area is 187 Å². The summed E-state index contributed by atoms with van der Waals surface area (Å²) in [6.07, 6.45) is -0.314. The first-order valence-corrected chi connectivity index (χ1v) is 10.4. The summed E-state index contributed by atoms with van der Waals surface area (Å²) in [5.74, 6) is 0.0180. The second-order valence-electron chi connectivity index (χ2n) is 7.82. The number of hydrogen-bond acceptors (Lipinski definition) is 8. The van der Waals surface area contributed by atoms with Gasteiger partial charge in [0, 0.05) is 35.5 Å². The fourth-order valence-corrected chi connectivity index (χ4v) is 3.94. The summed E-state index contributed by atoms with van der Waals surface area (Å²) in [4.78, 5) is 20.5. The number of carbonyl (C=O) groups excluding carboxylic acids is 1. The number of halogens is 2. The van der Waals surface area contributed by atoms with Crippen LogP contribution in [0.3, 0.4) is 0 Å². The Kier molecular flexibility index (Phi) is 5.33. The molecule has 1 amide bonds. The van der Waals surface area contributed by atoms with Crippen LogP contribution in [0.15, 0.2) is 24.5 Å². The van der Waals surface area contributed by atoms with Crippen molar-refractivity contribution in [3.8, 4) is 17.0 Å². The van der Waals surface area contributed by atoms with Crippen LogP contribution >= 0.6 is 0 Å². The molecule has 5 rings (SSSR count). The number of carbonyl (C=O) groups is 1. The predicted molar refractivity (Wildman–Crippen MR) is 118 cm³/mol. The van der Waals surface area contributed by atoms with E-state index in [0.29, 0.717) is 41.1 Å². The van der Waals surface area contributed by atoms with E-state index < -0.39 is 24.2 Å². The second-order valence-corrected chi connectivity index (χ2v) is 7.82. The fourth-order valence-electron chi connectivity index (χ4n) is 3.94. The summed E-state index contributed by atoms with van der Waals surface area (Å²) in [7, 11) is 0. The Morgan fingerprint density at radius 3 is 2.91 bits per heavy atom. The zero-order chi connectivity index (χ0) is 23.1. The minimum absolute atomic E-state index is 0.00698. The predicted octanol–water partition coefficient (Wildman–Crippen LogP) is 3.42. The van der Waals surface area contributed by atoms with Gasteiger partial charge in [-0.05, 0) is 30.0 Å². The van der Waals surface area contributed by atoms with Crippen LogP contribution in [-0.2, 0) is 9.47 Å². The number of fused-ring (bicyclic) bond motifs is 2. The number of nitrogens with zero attached hydrogens (tertiary/aromatic N) is 2. The average molecular weight is 457 g/mol. The first-order chi connectivity index (χ1) is 15.9. The average Bonchev–Trinajstić information content (AvgIpc) is 3.21. The lowest BCUT2D eigenvalue weighted by molar-refractivity contribution is 0.0731. The summed E-state index contributed by atoms with van der Waals surface area (Å²) in [5, 5.41) is 6.61. The molecule has 2 aliphatic heterocycles. The number of ether oxygens (including phenoxy) is 3. The monoisotopic (exact) mass is 457 g/mol. The minimum atomic E-state index is -1.38. The first kappa shape index (κ1) is 21.1. The van der Waals surface area contributed by atoms with Crippen LogP contribution in [0.25, 0.3) is 21.9 Å². The highest BCUT2D eigenvalue weighted by molar-refractivity contribution is 5.99. The van der Waals surface area contributed by atoms with Crippen molar-refractivity contribution in [1.82, 2.24) is 9.97 Å². The van der Waals surface area contributed by atoms with Crippen molar-refractivity contribution >= 4 is 34.1 Å². The summed E-state index contributed by atoms with van der Waals surface area (Å²) >= 11 is 0. The third-order valence-corrected chi connectivity index (χ3v) is 5.69. The zero-order valence-electron chi connectivity index (χ0n) is 17.7. The van der Waals surface area contributed by atoms with Crippen LogP contribution in [0.1, 0.15) is 5.56 Å². The Morgan fingerprint density at radius 1 is 1.27 bits per heavy atom. The third-order valence-electron chi connectivity index (χ3n) is 5.69. The van der Waals surface area contributed by atoms with E-state index in [2.05, 4.69) is 20.6 Å². The normalized spacial score (nSPS) is 19.5. The van der Waals surface area contributed by atoms with Gasteiger partial charge in [0.2, 0.25) is 5.88 Å². The molecule has 9 nitrogen and oxygen atoms in total. The van der Waals surface area contributed by atoms with Crippen LogP contribution < -0.4 is 21.1 Å². The van der Waals surface area contributed by atoms with Gasteiger partial charge in [-0.1, -0.05) is 0 Å². The number of benzene rings is 1. The van der Waals surface area contributed by atoms with Gasteiger partial charge < -0.3 is 25.3 Å². The maximum absolute atomic E-state index is 15.2. The quantitative estimate of drug-likeness (QED) is 0.512. The van der Waals surface area contributed by atoms with Crippen molar-refractivity contribution < 1.29 is 27.8 Å². The molecule has 0 spiro atoms. The van der Waals surface area contributed by atoms with E-state index in [-0.39, 0.29) is 30.3 Å². The molecule has 33 heavy (non-hydrogen) atoms. The third kappa shape index (κ3) is 3.84. The van der Waals surface area contributed by atoms with Crippen molar-refractivity contribution in [2.24, 2.45) is 0 Å². The summed E-state index contributed by atoms with van der Waals surface area (Å²) in [5.41, 5.74) is 8.29. The van der Waals surface area contributed by atoms with Crippen LogP contribution in [-0.4, -0.2) is 54.7 Å². The molecule has 1 fully saturated rings. The number of amides is 1. The number of nitrogens with two attached hydrogens (primary N) is 1. The van der Waals surface area contributed by atoms with Crippen molar-refractivity contribution in [2.45, 2.75) is 19.2 Å². The molecular weight excluding hydrogens is 436 g/mol. The SMILES string of the molecule is Cc1c(-c2cc3cc(NC(=O)O[C@H]4COC[C@H]4F)ncc3c(N)c2F)cnc2c1NCCO2. The van der Waals surface area contributed by atoms with Gasteiger partial charge in [0.1, 0.15) is 18.1 Å². The van der Waals surface area contributed by atoms with Crippen LogP contribution in [0.2, 0.25) is 0 Å². The Bertz CT molecular complexity index is 1260. The number of aromatic nitrogens is 2. The maximum atomic E-state index is 15.2. The van der Waals surface area contributed by atoms with E-state index in [1.807, 2.05) is 6.92 Å². The molecule has 0 aliphatic carbocycles. The Hall–Kier alpha value is -3.73. The number of hydrogen-bond donors (Lipinski definition) is 3. The molecule has 172 valence electrons. The first-order valence-electron chi connectivity index (χ1n) is 10.4. The largest absolute Gasteiger partial charge is 0.474 e. The van der Waals surface area contributed by atoms with Gasteiger partial charge in [-0.15, -0.1) is 0 Å². The molecule has 4 heterocycles. The van der Waals surface area contributed by atoms with E-state index in [9.17, 15) is 9.18 Å². The second kappa shape index (κ2) is 8.32. The lowest BCUT2D eigenvalue weighted by Crippen LogP contribution is -2.29. The van der Waals surface area contributed by atoms with Gasteiger partial charge in [0.25, 0.3) is 0 Å². The summed E-state index contributed by atoms with van der Waals surface area (Å²) < 4.78 is 44.4. The highest BCUT2D eigenvalue weighted by Gasteiger charge is 2.31. The summed E-state index contributed by atoms with van der Waals surface area (Å²) in [6, 6.07) is 3.15. The molecule has 0 radical (unpaired) electrons. The smallest absolute Gasteiger partial charge is 0.413 e. The number of alkyl halides is 1. The molecule has 2 atom stereocenters. The van der Waals surface area contributed by atoms with E-state index in [1.165, 1.54) is 12.3 Å². The number of pyridine rings is 2. The molecular formula is C22H21F2N5O4. The lowest BCUT2D eigenvalue weighted by atomic mass is 9.97. The lowest BCUT2D eigenvalue weighted by Gasteiger charge is -2.22. The van der Waals surface area contributed by atoms with Gasteiger partial charge in [0.15, 0.2) is 18.1 Å². The summed E-state index contributed by atoms with van der Waals surface area (Å²) in [6.45, 7) is 2.85. The van der Waals surface area contributed by atoms with Crippen LogP contribution in [0, 0.1) is 12.7 Å². The highest BCUT2D eigenvalue weighted by atomic mass is 19.1. The van der Waals surface area contributed by atoms with Gasteiger partial charge in [-0.2, -0.15) is 0 Å². The van der Waals surface area contributed by atoms with Crippen molar-refractivity contribution in [2.75, 3.05) is 42.7 Å². The molecule has 2 aliphatic rings. The molecule has 0 saturated carbocycles. The van der Waals surface area contributed by atoms with Gasteiger partial charge in [-0.3, -0.25) is 5.32 Å². The van der Waals surface area contributed by atoms with Gasteiger partial charge in [-0.25, -0.2) is 23.5 Å². The van der Waals surface area contributed by atoms with E-state index >= 15 is 4.39 Å². The van der Waals surface area contributed by atoms with E-state index in [4.69, 9.17) is 19.9 Å². The Balaban J connectivity index is 1.48. The van der Waals surface area contributed by atoms with Crippen LogP contribution in [0.5, 0.6) is 5.88 Å². The van der Waals surface area contributed by atoms with Crippen molar-refractivity contribution in [3.63, 3.8) is 0 Å². The fraction of sp³-hybridized carbons (Fsp3) is 0.318. The number of rotatable bonds is 3. The molecule has 3 aromatic rings. The van der Waals surface area contributed by atoms with Gasteiger partial charge >= 0.3 is 6.09 Å². The van der Waals surface area contributed by atoms with E-state index in [0.717, 1.165) is 5.56 Å². The maximum Gasteiger partial charge on any atom is 0.413 e. The molecule has 0 bridgehead atoms. The molecule has 1 saturated heterocycles. The zero-order valence-corrected chi connectivity index (χ0v) is 17.7. The minimum Gasteiger partial charge on any atom is -0.474 e. The van der Waals surface area contributed by atoms with E-state index in [1.54, 1.807) is 12.3 Å². The number of nitrogen functional groups attached to an aromatic ring is 1. The Morgan fingerprint density at radius 2 is 2.12 bits per heavy atom. The van der Waals surface area contributed by atoms with Crippen LogP contribution in [0.4, 0.5) is 30.8 Å². The molecule has 4 N–H and O–H groups in total. The molecule has 1 aromatic carbocycles. The van der Waals surface area contributed by atoms with Gasteiger partial charge in [0.05, 0.1) is 18.9 Å². The van der Waals surface area contributed by atoms with Crippen molar-refractivity contribution in [1.29, 1.82) is 0 Å². The topological polar surface area (TPSA) is 121 Å². The number of nitrogens with one attached hydrogen (secondary N) is 2. The highest BCUT2D eigenvalue weighted by Crippen LogP contribution is 2.39. The standard InChI is InChI=1S/C22H21F2N5O4/c1-10-13(6-28-21-20(10)26-2-3-32-21)12-4-11-5-17(27-7-14(11)19(25)18(12)24)29-22(30)33-16-9-31-8-15(16)23/h4-7,15-16,26H,2-3,8-9,25H2,1H3,(H,27,29,30)/t15-,16+/m1/s1. The molecule has 2 aromatic heterocycles.